The number of pyridine rings is 1. The van der Waals surface area contributed by atoms with Crippen LogP contribution in [0.25, 0.3) is 0 Å². The summed E-state index contributed by atoms with van der Waals surface area (Å²) < 4.78 is 0. The van der Waals surface area contributed by atoms with Gasteiger partial charge in [0, 0.05) is 18.6 Å². The van der Waals surface area contributed by atoms with E-state index in [-0.39, 0.29) is 28.4 Å². The molecule has 0 aromatic carbocycles. The first kappa shape index (κ1) is 11.7. The van der Waals surface area contributed by atoms with Crippen LogP contribution in [0.2, 0.25) is 5.02 Å². The van der Waals surface area contributed by atoms with Crippen LogP contribution >= 0.6 is 11.6 Å². The maximum atomic E-state index is 12.0. The highest BCUT2D eigenvalue weighted by Crippen LogP contribution is 2.31. The lowest BCUT2D eigenvalue weighted by Gasteiger charge is -2.23. The predicted octanol–water partition coefficient (Wildman–Crippen LogP) is 0.921. The van der Waals surface area contributed by atoms with Gasteiger partial charge in [-0.05, 0) is 24.8 Å². The number of amides is 1. The van der Waals surface area contributed by atoms with Gasteiger partial charge in [-0.15, -0.1) is 0 Å². The van der Waals surface area contributed by atoms with Crippen LogP contribution in [-0.4, -0.2) is 34.6 Å². The lowest BCUT2D eigenvalue weighted by molar-refractivity contribution is 0.0920. The molecule has 3 rings (SSSR count). The standard InChI is InChI=1S/C12H14ClN3O2/c13-8-3-10(15-5-11(8)17)12(18)16-9-2-7-1-6(9)4-14-7/h3,5-7,9,14,17H,1-2,4H2,(H,16,18). The minimum Gasteiger partial charge on any atom is -0.505 e. The smallest absolute Gasteiger partial charge is 0.270 e. The van der Waals surface area contributed by atoms with Gasteiger partial charge in [-0.2, -0.15) is 0 Å². The van der Waals surface area contributed by atoms with E-state index in [0.29, 0.717) is 12.0 Å². The average Bonchev–Trinajstić information content (AvgIpc) is 2.94. The highest BCUT2D eigenvalue weighted by atomic mass is 35.5. The molecule has 3 N–H and O–H groups in total. The van der Waals surface area contributed by atoms with E-state index in [1.807, 2.05) is 0 Å². The predicted molar refractivity (Wildman–Crippen MR) is 66.7 cm³/mol. The van der Waals surface area contributed by atoms with Crippen LogP contribution < -0.4 is 10.6 Å². The van der Waals surface area contributed by atoms with Crippen molar-refractivity contribution in [2.45, 2.75) is 24.9 Å². The van der Waals surface area contributed by atoms with Crippen molar-refractivity contribution in [2.24, 2.45) is 5.92 Å². The maximum Gasteiger partial charge on any atom is 0.270 e. The number of carbonyl (C=O) groups excluding carboxylic acids is 1. The summed E-state index contributed by atoms with van der Waals surface area (Å²) in [7, 11) is 0. The molecule has 1 amide bonds. The molecule has 1 aromatic heterocycles. The molecule has 96 valence electrons. The Hall–Kier alpha value is -1.33. The second kappa shape index (κ2) is 4.40. The van der Waals surface area contributed by atoms with E-state index < -0.39 is 0 Å². The van der Waals surface area contributed by atoms with Gasteiger partial charge in [0.1, 0.15) is 5.69 Å². The van der Waals surface area contributed by atoms with Crippen LogP contribution in [0.5, 0.6) is 5.75 Å². The quantitative estimate of drug-likeness (QED) is 0.745. The van der Waals surface area contributed by atoms with Gasteiger partial charge in [-0.1, -0.05) is 11.6 Å². The molecular formula is C12H14ClN3O2. The highest BCUT2D eigenvalue weighted by Gasteiger charge is 2.40. The van der Waals surface area contributed by atoms with Crippen molar-refractivity contribution in [3.05, 3.63) is 23.0 Å². The number of carbonyl (C=O) groups is 1. The van der Waals surface area contributed by atoms with Crippen LogP contribution in [0.1, 0.15) is 23.3 Å². The van der Waals surface area contributed by atoms with Crippen LogP contribution in [-0.2, 0) is 0 Å². The topological polar surface area (TPSA) is 74.2 Å². The van der Waals surface area contributed by atoms with E-state index in [1.165, 1.54) is 12.3 Å². The van der Waals surface area contributed by atoms with Crippen molar-refractivity contribution in [2.75, 3.05) is 6.54 Å². The Bertz CT molecular complexity index is 494. The molecule has 0 radical (unpaired) electrons. The van der Waals surface area contributed by atoms with Crippen LogP contribution in [0.4, 0.5) is 0 Å². The fourth-order valence-corrected chi connectivity index (χ4v) is 2.95. The molecule has 1 aromatic rings. The van der Waals surface area contributed by atoms with Crippen molar-refractivity contribution in [1.29, 1.82) is 0 Å². The van der Waals surface area contributed by atoms with E-state index in [2.05, 4.69) is 15.6 Å². The van der Waals surface area contributed by atoms with Gasteiger partial charge < -0.3 is 15.7 Å². The number of aromatic nitrogens is 1. The van der Waals surface area contributed by atoms with Crippen molar-refractivity contribution in [3.8, 4) is 5.75 Å². The van der Waals surface area contributed by atoms with Crippen molar-refractivity contribution in [3.63, 3.8) is 0 Å². The number of aromatic hydroxyl groups is 1. The molecule has 18 heavy (non-hydrogen) atoms. The number of piperidine rings is 1. The first-order chi connectivity index (χ1) is 8.63. The molecule has 0 spiro atoms. The largest absolute Gasteiger partial charge is 0.505 e. The second-order valence-electron chi connectivity index (χ2n) is 4.94. The van der Waals surface area contributed by atoms with Crippen molar-refractivity contribution >= 4 is 17.5 Å². The monoisotopic (exact) mass is 267 g/mol. The van der Waals surface area contributed by atoms with Gasteiger partial charge >= 0.3 is 0 Å². The molecule has 2 aliphatic rings. The number of hydrogen-bond acceptors (Lipinski definition) is 4. The third-order valence-corrected chi connectivity index (χ3v) is 4.05. The zero-order valence-corrected chi connectivity index (χ0v) is 10.4. The summed E-state index contributed by atoms with van der Waals surface area (Å²) in [5, 5.41) is 15.8. The Morgan fingerprint density at radius 2 is 2.39 bits per heavy atom. The van der Waals surface area contributed by atoms with Crippen molar-refractivity contribution < 1.29 is 9.90 Å². The Labute approximate surface area is 110 Å². The maximum absolute atomic E-state index is 12.0. The molecule has 1 saturated heterocycles. The first-order valence-electron chi connectivity index (χ1n) is 6.02. The summed E-state index contributed by atoms with van der Waals surface area (Å²) >= 11 is 5.76. The van der Waals surface area contributed by atoms with E-state index in [0.717, 1.165) is 19.4 Å². The number of hydrogen-bond donors (Lipinski definition) is 3. The van der Waals surface area contributed by atoms with Gasteiger partial charge in [0.15, 0.2) is 5.75 Å². The zero-order chi connectivity index (χ0) is 12.7. The van der Waals surface area contributed by atoms with E-state index in [9.17, 15) is 9.90 Å². The molecule has 2 bridgehead atoms. The minimum atomic E-state index is -0.227. The summed E-state index contributed by atoms with van der Waals surface area (Å²) in [6.45, 7) is 0.972. The van der Waals surface area contributed by atoms with Crippen LogP contribution in [0.15, 0.2) is 12.3 Å². The van der Waals surface area contributed by atoms with Gasteiger partial charge in [-0.3, -0.25) is 4.79 Å². The molecule has 2 fully saturated rings. The molecule has 3 unspecified atom stereocenters. The van der Waals surface area contributed by atoms with E-state index >= 15 is 0 Å². The Kier molecular flexibility index (Phi) is 2.87. The average molecular weight is 268 g/mol. The third kappa shape index (κ3) is 2.04. The van der Waals surface area contributed by atoms with Crippen LogP contribution in [0.3, 0.4) is 0 Å². The van der Waals surface area contributed by atoms with E-state index in [1.54, 1.807) is 0 Å². The Balaban J connectivity index is 1.69. The first-order valence-corrected chi connectivity index (χ1v) is 6.40. The molecule has 3 atom stereocenters. The second-order valence-corrected chi connectivity index (χ2v) is 5.34. The van der Waals surface area contributed by atoms with E-state index in [4.69, 9.17) is 11.6 Å². The molecule has 6 heteroatoms. The molecule has 1 aliphatic carbocycles. The Morgan fingerprint density at radius 1 is 1.56 bits per heavy atom. The number of rotatable bonds is 2. The molecule has 2 heterocycles. The highest BCUT2D eigenvalue weighted by molar-refractivity contribution is 6.32. The summed E-state index contributed by atoms with van der Waals surface area (Å²) in [5.41, 5.74) is 0.244. The fraction of sp³-hybridized carbons (Fsp3) is 0.500. The number of halogens is 1. The summed E-state index contributed by atoms with van der Waals surface area (Å²) in [4.78, 5) is 15.9. The fourth-order valence-electron chi connectivity index (χ4n) is 2.80. The summed E-state index contributed by atoms with van der Waals surface area (Å²) in [5.74, 6) is 0.179. The summed E-state index contributed by atoms with van der Waals surface area (Å²) in [6, 6.07) is 2.15. The minimum absolute atomic E-state index is 0.114. The Morgan fingerprint density at radius 3 is 3.00 bits per heavy atom. The van der Waals surface area contributed by atoms with Crippen molar-refractivity contribution in [1.82, 2.24) is 15.6 Å². The van der Waals surface area contributed by atoms with Gasteiger partial charge in [0.25, 0.3) is 5.91 Å². The summed E-state index contributed by atoms with van der Waals surface area (Å²) in [6.07, 6.45) is 3.30. The number of nitrogens with zero attached hydrogens (tertiary/aromatic N) is 1. The van der Waals surface area contributed by atoms with Crippen LogP contribution in [0, 0.1) is 5.92 Å². The van der Waals surface area contributed by atoms with Gasteiger partial charge in [0.2, 0.25) is 0 Å². The number of fused-ring (bicyclic) bond motifs is 2. The third-order valence-electron chi connectivity index (χ3n) is 3.75. The van der Waals surface area contributed by atoms with Gasteiger partial charge in [0.05, 0.1) is 11.2 Å². The molecule has 1 aliphatic heterocycles. The van der Waals surface area contributed by atoms with Gasteiger partial charge in [-0.25, -0.2) is 4.98 Å². The lowest BCUT2D eigenvalue weighted by atomic mass is 10.0. The molecule has 1 saturated carbocycles. The number of nitrogens with one attached hydrogen (secondary N) is 2. The lowest BCUT2D eigenvalue weighted by Crippen LogP contribution is -2.44. The zero-order valence-electron chi connectivity index (χ0n) is 9.69. The molecular weight excluding hydrogens is 254 g/mol. The SMILES string of the molecule is O=C(NC1CC2CC1CN2)c1cc(Cl)c(O)cn1. The molecule has 5 nitrogen and oxygen atoms in total. The normalized spacial score (nSPS) is 29.5.